The summed E-state index contributed by atoms with van der Waals surface area (Å²) in [4.78, 5) is 13.5. The second kappa shape index (κ2) is 4.65. The Balaban J connectivity index is 2.92. The number of aryl methyl sites for hydroxylation is 1. The van der Waals surface area contributed by atoms with Crippen molar-refractivity contribution >= 4 is 5.91 Å². The SMILES string of the molecule is Cc1occc1C(=O)N(CC#N)C(C)C. The Labute approximate surface area is 89.1 Å². The minimum atomic E-state index is -0.155. The van der Waals surface area contributed by atoms with Gasteiger partial charge in [-0.05, 0) is 26.8 Å². The van der Waals surface area contributed by atoms with Crippen LogP contribution in [-0.2, 0) is 0 Å². The van der Waals surface area contributed by atoms with E-state index in [0.29, 0.717) is 11.3 Å². The van der Waals surface area contributed by atoms with Crippen LogP contribution in [0.5, 0.6) is 0 Å². The van der Waals surface area contributed by atoms with Gasteiger partial charge in [-0.3, -0.25) is 4.79 Å². The Morgan fingerprint density at radius 2 is 2.33 bits per heavy atom. The Morgan fingerprint density at radius 3 is 2.73 bits per heavy atom. The van der Waals surface area contributed by atoms with Gasteiger partial charge in [0.2, 0.25) is 0 Å². The molecule has 0 spiro atoms. The Morgan fingerprint density at radius 1 is 1.67 bits per heavy atom. The van der Waals surface area contributed by atoms with Gasteiger partial charge < -0.3 is 9.32 Å². The zero-order valence-electron chi connectivity index (χ0n) is 9.15. The number of carbonyl (C=O) groups is 1. The largest absolute Gasteiger partial charge is 0.469 e. The van der Waals surface area contributed by atoms with Crippen LogP contribution < -0.4 is 0 Å². The van der Waals surface area contributed by atoms with Crippen molar-refractivity contribution < 1.29 is 9.21 Å². The first-order valence-corrected chi connectivity index (χ1v) is 4.80. The van der Waals surface area contributed by atoms with E-state index in [1.807, 2.05) is 19.9 Å². The van der Waals surface area contributed by atoms with Gasteiger partial charge in [0.1, 0.15) is 12.3 Å². The van der Waals surface area contributed by atoms with Gasteiger partial charge in [-0.25, -0.2) is 0 Å². The first kappa shape index (κ1) is 11.3. The Hall–Kier alpha value is -1.76. The summed E-state index contributed by atoms with van der Waals surface area (Å²) < 4.78 is 5.06. The molecule has 4 heteroatoms. The van der Waals surface area contributed by atoms with Crippen LogP contribution in [0.3, 0.4) is 0 Å². The number of hydrogen-bond donors (Lipinski definition) is 0. The molecule has 0 fully saturated rings. The molecule has 1 aromatic heterocycles. The van der Waals surface area contributed by atoms with Gasteiger partial charge in [0.25, 0.3) is 5.91 Å². The van der Waals surface area contributed by atoms with Crippen LogP contribution in [0.1, 0.15) is 30.0 Å². The summed E-state index contributed by atoms with van der Waals surface area (Å²) in [5, 5.41) is 8.63. The molecule has 0 bridgehead atoms. The average Bonchev–Trinajstić information content (AvgIpc) is 2.59. The molecule has 1 aromatic rings. The van der Waals surface area contributed by atoms with E-state index in [1.165, 1.54) is 11.2 Å². The molecular formula is C11H14N2O2. The highest BCUT2D eigenvalue weighted by Gasteiger charge is 2.21. The summed E-state index contributed by atoms with van der Waals surface area (Å²) in [5.74, 6) is 0.432. The van der Waals surface area contributed by atoms with Crippen LogP contribution in [0.4, 0.5) is 0 Å². The molecule has 0 aromatic carbocycles. The molecule has 0 atom stereocenters. The highest BCUT2D eigenvalue weighted by Crippen LogP contribution is 2.13. The van der Waals surface area contributed by atoms with E-state index in [1.54, 1.807) is 13.0 Å². The third-order valence-electron chi connectivity index (χ3n) is 2.21. The van der Waals surface area contributed by atoms with E-state index in [0.717, 1.165) is 0 Å². The second-order valence-electron chi connectivity index (χ2n) is 3.58. The fourth-order valence-electron chi connectivity index (χ4n) is 1.33. The molecule has 0 N–H and O–H groups in total. The Bertz CT molecular complexity index is 388. The zero-order chi connectivity index (χ0) is 11.4. The van der Waals surface area contributed by atoms with Crippen molar-refractivity contribution in [2.24, 2.45) is 0 Å². The van der Waals surface area contributed by atoms with Crippen LogP contribution in [0.2, 0.25) is 0 Å². The van der Waals surface area contributed by atoms with Gasteiger partial charge in [-0.15, -0.1) is 0 Å². The van der Waals surface area contributed by atoms with Crippen molar-refractivity contribution in [1.82, 2.24) is 4.90 Å². The van der Waals surface area contributed by atoms with E-state index in [9.17, 15) is 4.79 Å². The van der Waals surface area contributed by atoms with Crippen molar-refractivity contribution in [3.63, 3.8) is 0 Å². The maximum Gasteiger partial charge on any atom is 0.258 e. The lowest BCUT2D eigenvalue weighted by atomic mass is 10.2. The molecule has 0 saturated heterocycles. The molecule has 15 heavy (non-hydrogen) atoms. The number of furan rings is 1. The van der Waals surface area contributed by atoms with E-state index in [4.69, 9.17) is 9.68 Å². The lowest BCUT2D eigenvalue weighted by Crippen LogP contribution is -2.37. The molecular weight excluding hydrogens is 192 g/mol. The lowest BCUT2D eigenvalue weighted by molar-refractivity contribution is 0.0729. The number of nitriles is 1. The maximum absolute atomic E-state index is 12.0. The average molecular weight is 206 g/mol. The summed E-state index contributed by atoms with van der Waals surface area (Å²) in [7, 11) is 0. The fourth-order valence-corrected chi connectivity index (χ4v) is 1.33. The summed E-state index contributed by atoms with van der Waals surface area (Å²) in [5.41, 5.74) is 0.527. The van der Waals surface area contributed by atoms with Gasteiger partial charge >= 0.3 is 0 Å². The molecule has 1 amide bonds. The zero-order valence-corrected chi connectivity index (χ0v) is 9.15. The van der Waals surface area contributed by atoms with Gasteiger partial charge in [-0.1, -0.05) is 0 Å². The lowest BCUT2D eigenvalue weighted by Gasteiger charge is -2.23. The summed E-state index contributed by atoms with van der Waals surface area (Å²) >= 11 is 0. The van der Waals surface area contributed by atoms with Crippen LogP contribution in [0.25, 0.3) is 0 Å². The smallest absolute Gasteiger partial charge is 0.258 e. The maximum atomic E-state index is 12.0. The molecule has 1 heterocycles. The van der Waals surface area contributed by atoms with Gasteiger partial charge in [-0.2, -0.15) is 5.26 Å². The van der Waals surface area contributed by atoms with E-state index < -0.39 is 0 Å². The van der Waals surface area contributed by atoms with Gasteiger partial charge in [0, 0.05) is 6.04 Å². The first-order chi connectivity index (χ1) is 7.07. The van der Waals surface area contributed by atoms with E-state index in [2.05, 4.69) is 0 Å². The summed E-state index contributed by atoms with van der Waals surface area (Å²) in [6.07, 6.45) is 1.48. The molecule has 0 aliphatic rings. The molecule has 0 radical (unpaired) electrons. The second-order valence-corrected chi connectivity index (χ2v) is 3.58. The molecule has 0 saturated carbocycles. The molecule has 80 valence electrons. The van der Waals surface area contributed by atoms with Crippen molar-refractivity contribution in [3.8, 4) is 6.07 Å². The third kappa shape index (κ3) is 2.38. The molecule has 0 aliphatic carbocycles. The number of rotatable bonds is 3. The molecule has 1 rings (SSSR count). The van der Waals surface area contributed by atoms with E-state index >= 15 is 0 Å². The minimum Gasteiger partial charge on any atom is -0.469 e. The van der Waals surface area contributed by atoms with Gasteiger partial charge in [0.15, 0.2) is 0 Å². The summed E-state index contributed by atoms with van der Waals surface area (Å²) in [6, 6.07) is 3.62. The molecule has 0 aliphatic heterocycles. The normalized spacial score (nSPS) is 10.1. The number of hydrogen-bond acceptors (Lipinski definition) is 3. The van der Waals surface area contributed by atoms with Crippen LogP contribution in [-0.4, -0.2) is 23.4 Å². The fraction of sp³-hybridized carbons (Fsp3) is 0.455. The van der Waals surface area contributed by atoms with E-state index in [-0.39, 0.29) is 18.5 Å². The van der Waals surface area contributed by atoms with Crippen molar-refractivity contribution in [3.05, 3.63) is 23.7 Å². The highest BCUT2D eigenvalue weighted by atomic mass is 16.3. The standard InChI is InChI=1S/C11H14N2O2/c1-8(2)13(6-5-12)11(14)10-4-7-15-9(10)3/h4,7-8H,6H2,1-3H3. The van der Waals surface area contributed by atoms with Crippen molar-refractivity contribution in [2.75, 3.05) is 6.54 Å². The summed E-state index contributed by atoms with van der Waals surface area (Å²) in [6.45, 7) is 5.59. The number of carbonyl (C=O) groups excluding carboxylic acids is 1. The Kier molecular flexibility index (Phi) is 3.51. The number of nitrogens with zero attached hydrogens (tertiary/aromatic N) is 2. The first-order valence-electron chi connectivity index (χ1n) is 4.80. The van der Waals surface area contributed by atoms with Crippen LogP contribution >= 0.6 is 0 Å². The molecule has 0 unspecified atom stereocenters. The van der Waals surface area contributed by atoms with Crippen LogP contribution in [0, 0.1) is 18.3 Å². The predicted molar refractivity (Wildman–Crippen MR) is 55.2 cm³/mol. The third-order valence-corrected chi connectivity index (χ3v) is 2.21. The van der Waals surface area contributed by atoms with Gasteiger partial charge in [0.05, 0.1) is 17.9 Å². The highest BCUT2D eigenvalue weighted by molar-refractivity contribution is 5.95. The molecule has 4 nitrogen and oxygen atoms in total. The van der Waals surface area contributed by atoms with Crippen molar-refractivity contribution in [1.29, 1.82) is 5.26 Å². The quantitative estimate of drug-likeness (QED) is 0.710. The predicted octanol–water partition coefficient (Wildman–Crippen LogP) is 1.96. The topological polar surface area (TPSA) is 57.2 Å². The monoisotopic (exact) mass is 206 g/mol. The number of amides is 1. The van der Waals surface area contributed by atoms with Crippen LogP contribution in [0.15, 0.2) is 16.7 Å². The van der Waals surface area contributed by atoms with Crippen molar-refractivity contribution in [2.45, 2.75) is 26.8 Å². The minimum absolute atomic E-state index is 0.00597.